The van der Waals surface area contributed by atoms with Gasteiger partial charge in [0.25, 0.3) is 5.78 Å². The molecule has 9 nitrogen and oxygen atoms in total. The number of imidazole rings is 1. The zero-order valence-corrected chi connectivity index (χ0v) is 21.9. The van der Waals surface area contributed by atoms with Crippen molar-refractivity contribution in [2.24, 2.45) is 17.8 Å². The number of fused-ring (bicyclic) bond motifs is 1. The predicted molar refractivity (Wildman–Crippen MR) is 135 cm³/mol. The van der Waals surface area contributed by atoms with E-state index in [9.17, 15) is 31.5 Å². The van der Waals surface area contributed by atoms with Crippen LogP contribution in [0.15, 0.2) is 42.7 Å². The third-order valence-corrected chi connectivity index (χ3v) is 7.67. The molecule has 1 aliphatic heterocycles. The summed E-state index contributed by atoms with van der Waals surface area (Å²) in [5, 5.41) is 9.47. The Morgan fingerprint density at radius 2 is 1.93 bits per heavy atom. The number of nitrogens with zero attached hydrogens (tertiary/aromatic N) is 4. The number of carbonyl (C=O) groups excluding carboxylic acids is 2. The van der Waals surface area contributed by atoms with E-state index >= 15 is 0 Å². The van der Waals surface area contributed by atoms with Gasteiger partial charge in [0.15, 0.2) is 0 Å². The van der Waals surface area contributed by atoms with Crippen LogP contribution in [0.2, 0.25) is 0 Å². The van der Waals surface area contributed by atoms with Gasteiger partial charge < -0.3 is 15.4 Å². The molecule has 14 heteroatoms. The quantitative estimate of drug-likeness (QED) is 0.390. The van der Waals surface area contributed by atoms with E-state index in [1.54, 1.807) is 12.1 Å². The normalized spacial score (nSPS) is 22.2. The maximum Gasteiger partial charge on any atom is 0.408 e. The Labute approximate surface area is 231 Å². The van der Waals surface area contributed by atoms with Crippen LogP contribution in [-0.2, 0) is 22.6 Å². The van der Waals surface area contributed by atoms with Gasteiger partial charge in [-0.2, -0.15) is 18.3 Å². The maximum atomic E-state index is 13.9. The fraction of sp³-hybridized carbons (Fsp3) is 0.519. The number of ether oxygens (including phenoxy) is 1. The Morgan fingerprint density at radius 1 is 1.20 bits per heavy atom. The van der Waals surface area contributed by atoms with Crippen LogP contribution in [0.5, 0.6) is 0 Å². The lowest BCUT2D eigenvalue weighted by Crippen LogP contribution is -2.47. The number of benzene rings is 1. The number of aromatic nitrogens is 4. The Hall–Kier alpha value is -3.84. The lowest BCUT2D eigenvalue weighted by molar-refractivity contribution is -0.183. The van der Waals surface area contributed by atoms with Crippen LogP contribution < -0.4 is 10.6 Å². The van der Waals surface area contributed by atoms with E-state index in [0.29, 0.717) is 5.69 Å². The minimum Gasteiger partial charge on any atom is -0.445 e. The Kier molecular flexibility index (Phi) is 8.09. The van der Waals surface area contributed by atoms with Gasteiger partial charge in [-0.1, -0.05) is 30.3 Å². The van der Waals surface area contributed by atoms with Crippen LogP contribution in [0.4, 0.5) is 26.7 Å². The van der Waals surface area contributed by atoms with E-state index in [4.69, 9.17) is 4.74 Å². The average Bonchev–Trinajstić information content (AvgIpc) is 3.35. The molecule has 3 atom stereocenters. The van der Waals surface area contributed by atoms with Gasteiger partial charge in [-0.25, -0.2) is 28.1 Å². The number of hydrogen-bond acceptors (Lipinski definition) is 6. The lowest BCUT2D eigenvalue weighted by Gasteiger charge is -2.33. The first-order valence-electron chi connectivity index (χ1n) is 13.4. The van der Waals surface area contributed by atoms with Gasteiger partial charge >= 0.3 is 12.3 Å². The number of alkyl halides is 5. The molecule has 2 N–H and O–H groups in total. The minimum absolute atomic E-state index is 0.0176. The Balaban J connectivity index is 1.33. The average molecular weight is 581 g/mol. The Morgan fingerprint density at radius 3 is 2.63 bits per heavy atom. The second-order valence-electron chi connectivity index (χ2n) is 10.7. The van der Waals surface area contributed by atoms with Gasteiger partial charge in [-0.15, -0.1) is 0 Å². The van der Waals surface area contributed by atoms with Crippen molar-refractivity contribution in [1.29, 1.82) is 0 Å². The molecule has 1 saturated heterocycles. The van der Waals surface area contributed by atoms with Crippen LogP contribution in [0, 0.1) is 17.8 Å². The number of amides is 2. The highest BCUT2D eigenvalue weighted by molar-refractivity contribution is 5.79. The summed E-state index contributed by atoms with van der Waals surface area (Å²) in [6.07, 6.45) is -3.09. The summed E-state index contributed by atoms with van der Waals surface area (Å²) >= 11 is 0. The van der Waals surface area contributed by atoms with Gasteiger partial charge in [0.1, 0.15) is 6.61 Å². The van der Waals surface area contributed by atoms with Crippen molar-refractivity contribution in [2.45, 2.75) is 63.3 Å². The van der Waals surface area contributed by atoms with Crippen LogP contribution >= 0.6 is 0 Å². The predicted octanol–water partition coefficient (Wildman–Crippen LogP) is 4.77. The van der Waals surface area contributed by atoms with Crippen LogP contribution in [0.3, 0.4) is 0 Å². The van der Waals surface area contributed by atoms with Gasteiger partial charge in [-0.05, 0) is 30.7 Å². The van der Waals surface area contributed by atoms with Crippen molar-refractivity contribution in [3.63, 3.8) is 0 Å². The lowest BCUT2D eigenvalue weighted by atomic mass is 9.81. The highest BCUT2D eigenvalue weighted by Crippen LogP contribution is 2.41. The molecular weight excluding hydrogens is 551 g/mol. The molecule has 220 valence electrons. The highest BCUT2D eigenvalue weighted by atomic mass is 19.4. The summed E-state index contributed by atoms with van der Waals surface area (Å²) in [6, 6.07) is 8.27. The molecule has 0 radical (unpaired) electrons. The van der Waals surface area contributed by atoms with Gasteiger partial charge in [0, 0.05) is 31.7 Å². The molecule has 2 aliphatic rings. The zero-order chi connectivity index (χ0) is 29.2. The monoisotopic (exact) mass is 580 g/mol. The van der Waals surface area contributed by atoms with Crippen molar-refractivity contribution in [3.8, 4) is 0 Å². The molecule has 0 bridgehead atoms. The maximum absolute atomic E-state index is 13.9. The zero-order valence-electron chi connectivity index (χ0n) is 21.9. The van der Waals surface area contributed by atoms with Crippen molar-refractivity contribution in [2.75, 3.05) is 6.54 Å². The summed E-state index contributed by atoms with van der Waals surface area (Å²) in [6.45, 7) is -0.437. The highest BCUT2D eigenvalue weighted by Gasteiger charge is 2.45. The topological polar surface area (TPSA) is 111 Å². The number of hydrogen-bond donors (Lipinski definition) is 2. The summed E-state index contributed by atoms with van der Waals surface area (Å²) in [5.74, 6) is -6.03. The molecule has 2 aromatic heterocycles. The van der Waals surface area contributed by atoms with Gasteiger partial charge in [0.05, 0.1) is 35.7 Å². The van der Waals surface area contributed by atoms with E-state index < -0.39 is 48.5 Å². The molecule has 2 fully saturated rings. The number of piperidine rings is 1. The van der Waals surface area contributed by atoms with Crippen molar-refractivity contribution in [1.82, 2.24) is 30.2 Å². The molecule has 1 aromatic carbocycles. The van der Waals surface area contributed by atoms with E-state index in [1.165, 1.54) is 16.9 Å². The fourth-order valence-electron chi connectivity index (χ4n) is 5.38. The number of nitrogens with one attached hydrogen (secondary N) is 2. The second-order valence-corrected chi connectivity index (χ2v) is 10.7. The van der Waals surface area contributed by atoms with E-state index in [0.717, 1.165) is 5.56 Å². The number of carbonyl (C=O) groups is 2. The molecule has 3 aromatic rings. The van der Waals surface area contributed by atoms with E-state index in [-0.39, 0.29) is 62.5 Å². The van der Waals surface area contributed by atoms with E-state index in [2.05, 4.69) is 25.7 Å². The summed E-state index contributed by atoms with van der Waals surface area (Å²) in [7, 11) is 0. The number of alkyl carbamates (subject to hydrolysis) is 1. The van der Waals surface area contributed by atoms with Crippen LogP contribution in [-0.4, -0.2) is 50.2 Å². The summed E-state index contributed by atoms with van der Waals surface area (Å²) in [4.78, 5) is 33.7. The number of rotatable bonds is 7. The molecule has 3 heterocycles. The third kappa shape index (κ3) is 7.09. The van der Waals surface area contributed by atoms with Crippen molar-refractivity contribution < 1.29 is 36.3 Å². The van der Waals surface area contributed by atoms with Gasteiger partial charge in [0.2, 0.25) is 11.8 Å². The van der Waals surface area contributed by atoms with Crippen LogP contribution in [0.25, 0.3) is 5.78 Å². The van der Waals surface area contributed by atoms with E-state index in [1.807, 2.05) is 18.2 Å². The van der Waals surface area contributed by atoms with Crippen molar-refractivity contribution in [3.05, 3.63) is 59.7 Å². The third-order valence-electron chi connectivity index (χ3n) is 7.67. The largest absolute Gasteiger partial charge is 0.445 e. The summed E-state index contributed by atoms with van der Waals surface area (Å²) in [5.41, 5.74) is 1.40. The van der Waals surface area contributed by atoms with Crippen LogP contribution in [0.1, 0.15) is 55.1 Å². The fourth-order valence-corrected chi connectivity index (χ4v) is 5.38. The first-order valence-corrected chi connectivity index (χ1v) is 13.4. The molecule has 5 rings (SSSR count). The number of halogens is 5. The molecular formula is C27H29F5N6O3. The van der Waals surface area contributed by atoms with Gasteiger partial charge in [-0.3, -0.25) is 4.79 Å². The molecule has 1 aliphatic carbocycles. The Bertz CT molecular complexity index is 1370. The molecule has 41 heavy (non-hydrogen) atoms. The molecule has 1 saturated carbocycles. The molecule has 1 unspecified atom stereocenters. The first kappa shape index (κ1) is 28.7. The molecule has 2 amide bonds. The minimum atomic E-state index is -4.42. The van der Waals surface area contributed by atoms with Crippen molar-refractivity contribution >= 4 is 17.8 Å². The SMILES string of the molecule is O=C(N[C@H](c1cn2nc(CC3C[C@@H](C(F)(F)F)CNC3=O)cnc2n1)C1CCC(F)(F)CC1)OCc1ccccc1. The standard InChI is InChI=1S/C27H29F5N6O3/c28-26(29)8-6-17(7-9-26)22(36-25(40)41-15-16-4-2-1-3-5-16)21-14-38-24(35-21)34-13-20(37-38)11-18-10-19(27(30,31)32)12-33-23(18)39/h1-5,13-14,17-19,22H,6-12,15H2,(H,33,39)(H,36,40)/t18?,19-,22+/m1/s1. The smallest absolute Gasteiger partial charge is 0.408 e. The first-order chi connectivity index (χ1) is 19.5. The second kappa shape index (κ2) is 11.6. The summed E-state index contributed by atoms with van der Waals surface area (Å²) < 4.78 is 74.1. The molecule has 0 spiro atoms.